The molecule has 28 heavy (non-hydrogen) atoms. The predicted molar refractivity (Wildman–Crippen MR) is 102 cm³/mol. The maximum Gasteiger partial charge on any atom is 0.293 e. The minimum atomic E-state index is -0.621. The van der Waals surface area contributed by atoms with Gasteiger partial charge in [0.2, 0.25) is 6.10 Å². The SMILES string of the molecule is Cc1cc(C)c(C#N)c(N2CCN(C(=O)[C@H]3COc4ccccc4O3)CC2)[nH+]1. The number of ether oxygens (including phenoxy) is 2. The van der Waals surface area contributed by atoms with Crippen LogP contribution < -0.4 is 19.4 Å². The zero-order valence-corrected chi connectivity index (χ0v) is 16.1. The van der Waals surface area contributed by atoms with Crippen molar-refractivity contribution in [2.75, 3.05) is 37.7 Å². The number of nitrogens with one attached hydrogen (secondary N) is 1. The van der Waals surface area contributed by atoms with Crippen LogP contribution in [-0.4, -0.2) is 49.7 Å². The van der Waals surface area contributed by atoms with Gasteiger partial charge in [-0.2, -0.15) is 5.26 Å². The van der Waals surface area contributed by atoms with Crippen LogP contribution in [0.3, 0.4) is 0 Å². The van der Waals surface area contributed by atoms with Crippen molar-refractivity contribution < 1.29 is 19.3 Å². The molecule has 0 unspecified atom stereocenters. The number of H-pyrrole nitrogens is 1. The Morgan fingerprint density at radius 1 is 1.18 bits per heavy atom. The lowest BCUT2D eigenvalue weighted by Crippen LogP contribution is -2.55. The third-order valence-corrected chi connectivity index (χ3v) is 5.18. The normalized spacial score (nSPS) is 18.5. The summed E-state index contributed by atoms with van der Waals surface area (Å²) in [5, 5.41) is 9.52. The Kier molecular flexibility index (Phi) is 4.78. The van der Waals surface area contributed by atoms with Gasteiger partial charge < -0.3 is 14.4 Å². The number of rotatable bonds is 2. The average Bonchev–Trinajstić information content (AvgIpc) is 2.72. The molecular formula is C21H23N4O3+. The quantitative estimate of drug-likeness (QED) is 0.790. The summed E-state index contributed by atoms with van der Waals surface area (Å²) in [4.78, 5) is 20.1. The third kappa shape index (κ3) is 3.33. The van der Waals surface area contributed by atoms with E-state index in [1.807, 2.05) is 49.1 Å². The summed E-state index contributed by atoms with van der Waals surface area (Å²) < 4.78 is 11.5. The Labute approximate surface area is 164 Å². The molecule has 2 aromatic rings. The second-order valence-electron chi connectivity index (χ2n) is 7.15. The number of fused-ring (bicyclic) bond motifs is 1. The highest BCUT2D eigenvalue weighted by Gasteiger charge is 2.35. The number of hydrogen-bond acceptors (Lipinski definition) is 5. The van der Waals surface area contributed by atoms with E-state index in [0.717, 1.165) is 17.1 Å². The van der Waals surface area contributed by atoms with Gasteiger partial charge in [0.05, 0.1) is 18.8 Å². The molecule has 1 atom stereocenters. The number of pyridine rings is 1. The highest BCUT2D eigenvalue weighted by Crippen LogP contribution is 2.31. The van der Waals surface area contributed by atoms with E-state index in [1.165, 1.54) is 0 Å². The third-order valence-electron chi connectivity index (χ3n) is 5.18. The van der Waals surface area contributed by atoms with Crippen molar-refractivity contribution in [3.8, 4) is 17.6 Å². The Morgan fingerprint density at radius 3 is 2.61 bits per heavy atom. The van der Waals surface area contributed by atoms with E-state index in [9.17, 15) is 10.1 Å². The summed E-state index contributed by atoms with van der Waals surface area (Å²) >= 11 is 0. The molecule has 0 radical (unpaired) electrons. The first-order valence-electron chi connectivity index (χ1n) is 9.42. The molecule has 1 amide bonds. The molecule has 0 aliphatic carbocycles. The molecule has 2 aliphatic heterocycles. The van der Waals surface area contributed by atoms with Crippen LogP contribution in [0.25, 0.3) is 0 Å². The van der Waals surface area contributed by atoms with Crippen molar-refractivity contribution in [1.82, 2.24) is 4.90 Å². The second-order valence-corrected chi connectivity index (χ2v) is 7.15. The number of para-hydroxylation sites is 2. The molecule has 1 fully saturated rings. The molecule has 1 aromatic heterocycles. The molecule has 0 bridgehead atoms. The molecule has 4 rings (SSSR count). The summed E-state index contributed by atoms with van der Waals surface area (Å²) in [6.45, 7) is 6.61. The zero-order chi connectivity index (χ0) is 19.7. The van der Waals surface area contributed by atoms with Crippen LogP contribution in [-0.2, 0) is 4.79 Å². The van der Waals surface area contributed by atoms with Crippen LogP contribution in [0.1, 0.15) is 16.8 Å². The number of anilines is 1. The first-order chi connectivity index (χ1) is 13.6. The van der Waals surface area contributed by atoms with Gasteiger partial charge in [-0.05, 0) is 37.6 Å². The second kappa shape index (κ2) is 7.39. The molecule has 7 heteroatoms. The van der Waals surface area contributed by atoms with Crippen molar-refractivity contribution in [1.29, 1.82) is 5.26 Å². The lowest BCUT2D eigenvalue weighted by molar-refractivity contribution is -0.374. The van der Waals surface area contributed by atoms with E-state index >= 15 is 0 Å². The minimum Gasteiger partial charge on any atom is -0.485 e. The van der Waals surface area contributed by atoms with Crippen LogP contribution in [0.5, 0.6) is 11.5 Å². The Balaban J connectivity index is 1.43. The summed E-state index contributed by atoms with van der Waals surface area (Å²) in [5.74, 6) is 2.05. The van der Waals surface area contributed by atoms with Crippen molar-refractivity contribution in [2.45, 2.75) is 20.0 Å². The summed E-state index contributed by atoms with van der Waals surface area (Å²) in [6.07, 6.45) is -0.621. The van der Waals surface area contributed by atoms with E-state index in [1.54, 1.807) is 0 Å². The molecule has 2 aliphatic rings. The first-order valence-corrected chi connectivity index (χ1v) is 9.42. The van der Waals surface area contributed by atoms with Gasteiger partial charge in [-0.1, -0.05) is 12.1 Å². The molecule has 1 N–H and O–H groups in total. The maximum atomic E-state index is 12.9. The summed E-state index contributed by atoms with van der Waals surface area (Å²) in [5.41, 5.74) is 2.63. The van der Waals surface area contributed by atoms with Crippen molar-refractivity contribution >= 4 is 11.7 Å². The molecule has 0 saturated carbocycles. The fourth-order valence-electron chi connectivity index (χ4n) is 3.74. The predicted octanol–water partition coefficient (Wildman–Crippen LogP) is 1.48. The smallest absolute Gasteiger partial charge is 0.293 e. The Morgan fingerprint density at radius 2 is 1.89 bits per heavy atom. The number of nitriles is 1. The Hall–Kier alpha value is -3.27. The zero-order valence-electron chi connectivity index (χ0n) is 16.1. The van der Waals surface area contributed by atoms with Crippen LogP contribution in [0, 0.1) is 25.2 Å². The van der Waals surface area contributed by atoms with E-state index in [0.29, 0.717) is 43.2 Å². The molecule has 7 nitrogen and oxygen atoms in total. The maximum absolute atomic E-state index is 12.9. The number of aromatic amines is 1. The van der Waals surface area contributed by atoms with Gasteiger partial charge in [0, 0.05) is 0 Å². The monoisotopic (exact) mass is 379 g/mol. The Bertz CT molecular complexity index is 945. The molecule has 3 heterocycles. The van der Waals surface area contributed by atoms with Gasteiger partial charge in [0.15, 0.2) is 11.5 Å². The lowest BCUT2D eigenvalue weighted by Gasteiger charge is -2.34. The molecule has 1 saturated heterocycles. The van der Waals surface area contributed by atoms with E-state index in [-0.39, 0.29) is 12.5 Å². The molecular weight excluding hydrogens is 356 g/mol. The van der Waals surface area contributed by atoms with Crippen LogP contribution in [0.4, 0.5) is 5.82 Å². The molecule has 1 aromatic carbocycles. The van der Waals surface area contributed by atoms with E-state index in [4.69, 9.17) is 9.47 Å². The number of nitrogens with zero attached hydrogens (tertiary/aromatic N) is 3. The fourth-order valence-corrected chi connectivity index (χ4v) is 3.74. The fraction of sp³-hybridized carbons (Fsp3) is 0.381. The van der Waals surface area contributed by atoms with Crippen molar-refractivity contribution in [3.63, 3.8) is 0 Å². The number of hydrogen-bond donors (Lipinski definition) is 0. The largest absolute Gasteiger partial charge is 0.485 e. The van der Waals surface area contributed by atoms with Gasteiger partial charge in [0.25, 0.3) is 11.7 Å². The highest BCUT2D eigenvalue weighted by atomic mass is 16.6. The summed E-state index contributed by atoms with van der Waals surface area (Å²) in [6, 6.07) is 11.7. The van der Waals surface area contributed by atoms with E-state index < -0.39 is 6.10 Å². The van der Waals surface area contributed by atoms with Crippen molar-refractivity contribution in [2.24, 2.45) is 0 Å². The number of aryl methyl sites for hydroxylation is 2. The lowest BCUT2D eigenvalue weighted by atomic mass is 10.1. The summed E-state index contributed by atoms with van der Waals surface area (Å²) in [7, 11) is 0. The number of benzene rings is 1. The number of amides is 1. The number of carbonyl (C=O) groups excluding carboxylic acids is 1. The standard InChI is InChI=1S/C21H22N4O3/c1-14-11-15(2)23-20(16(14)12-22)24-7-9-25(10-8-24)21(26)19-13-27-17-5-3-4-6-18(17)28-19/h3-6,11,19H,7-10,13H2,1-2H3/p+1/t19-/m1/s1. The van der Waals surface area contributed by atoms with Crippen LogP contribution in [0.2, 0.25) is 0 Å². The van der Waals surface area contributed by atoms with Gasteiger partial charge in [-0.3, -0.25) is 9.69 Å². The van der Waals surface area contributed by atoms with Gasteiger partial charge >= 0.3 is 0 Å². The number of piperazine rings is 1. The van der Waals surface area contributed by atoms with Gasteiger partial charge in [-0.25, -0.2) is 4.98 Å². The first kappa shape index (κ1) is 18.1. The van der Waals surface area contributed by atoms with Crippen LogP contribution >= 0.6 is 0 Å². The average molecular weight is 379 g/mol. The highest BCUT2D eigenvalue weighted by molar-refractivity contribution is 5.82. The molecule has 0 spiro atoms. The van der Waals surface area contributed by atoms with Gasteiger partial charge in [-0.15, -0.1) is 0 Å². The topological polar surface area (TPSA) is 79.9 Å². The minimum absolute atomic E-state index is 0.0564. The molecule has 144 valence electrons. The number of carbonyl (C=O) groups is 1. The van der Waals surface area contributed by atoms with Crippen LogP contribution in [0.15, 0.2) is 30.3 Å². The van der Waals surface area contributed by atoms with Gasteiger partial charge in [0.1, 0.15) is 31.3 Å². The van der Waals surface area contributed by atoms with Crippen molar-refractivity contribution in [3.05, 3.63) is 47.2 Å². The van der Waals surface area contributed by atoms with E-state index in [2.05, 4.69) is 16.0 Å². The number of aromatic nitrogens is 1.